The average molecular weight is 262 g/mol. The highest BCUT2D eigenvalue weighted by atomic mass is 16.1. The maximum atomic E-state index is 11.8. The fourth-order valence-electron chi connectivity index (χ4n) is 1.83. The van der Waals surface area contributed by atoms with E-state index >= 15 is 0 Å². The zero-order chi connectivity index (χ0) is 14.1. The minimum absolute atomic E-state index is 0.00369. The Balaban J connectivity index is 2.09. The first-order chi connectivity index (χ1) is 9.09. The molecule has 0 unspecified atom stereocenters. The highest BCUT2D eigenvalue weighted by molar-refractivity contribution is 5.94. The molecule has 0 saturated heterocycles. The molecule has 1 aromatic rings. The summed E-state index contributed by atoms with van der Waals surface area (Å²) in [6.07, 6.45) is 2.45. The van der Waals surface area contributed by atoms with Crippen molar-refractivity contribution in [1.29, 1.82) is 0 Å². The molecule has 106 valence electrons. The molecule has 0 aliphatic rings. The Kier molecular flexibility index (Phi) is 7.19. The van der Waals surface area contributed by atoms with Crippen molar-refractivity contribution in [3.8, 4) is 0 Å². The van der Waals surface area contributed by atoms with Gasteiger partial charge in [0.15, 0.2) is 0 Å². The highest BCUT2D eigenvalue weighted by Gasteiger charge is 2.03. The molecule has 3 nitrogen and oxygen atoms in total. The molecular formula is C16H26N2O. The monoisotopic (exact) mass is 262 g/mol. The first-order valence-corrected chi connectivity index (χ1v) is 7.15. The molecule has 2 N–H and O–H groups in total. The van der Waals surface area contributed by atoms with Crippen LogP contribution in [0.5, 0.6) is 0 Å². The molecule has 1 aromatic carbocycles. The van der Waals surface area contributed by atoms with Gasteiger partial charge in [-0.2, -0.15) is 0 Å². The predicted molar refractivity (Wildman–Crippen MR) is 80.5 cm³/mol. The van der Waals surface area contributed by atoms with Crippen LogP contribution in [0.2, 0.25) is 0 Å². The second kappa shape index (κ2) is 8.70. The van der Waals surface area contributed by atoms with Gasteiger partial charge in [0.25, 0.3) is 5.91 Å². The Hall–Kier alpha value is -1.35. The predicted octanol–water partition coefficient (Wildman–Crippen LogP) is 2.75. The fraction of sp³-hybridized carbons (Fsp3) is 0.562. The molecule has 0 atom stereocenters. The third kappa shape index (κ3) is 6.97. The number of rotatable bonds is 8. The molecular weight excluding hydrogens is 236 g/mol. The summed E-state index contributed by atoms with van der Waals surface area (Å²) >= 11 is 0. The maximum absolute atomic E-state index is 11.8. The Labute approximate surface area is 116 Å². The van der Waals surface area contributed by atoms with Gasteiger partial charge in [0.2, 0.25) is 0 Å². The summed E-state index contributed by atoms with van der Waals surface area (Å²) in [6, 6.07) is 7.64. The van der Waals surface area contributed by atoms with Crippen molar-refractivity contribution in [2.24, 2.45) is 5.92 Å². The third-order valence-electron chi connectivity index (χ3n) is 3.04. The average Bonchev–Trinajstić information content (AvgIpc) is 2.38. The molecule has 1 rings (SSSR count). The Morgan fingerprint density at radius 1 is 1.11 bits per heavy atom. The highest BCUT2D eigenvalue weighted by Crippen LogP contribution is 2.02. The largest absolute Gasteiger partial charge is 0.351 e. The maximum Gasteiger partial charge on any atom is 0.251 e. The quantitative estimate of drug-likeness (QED) is 0.707. The van der Waals surface area contributed by atoms with Crippen molar-refractivity contribution < 1.29 is 4.79 Å². The van der Waals surface area contributed by atoms with Gasteiger partial charge in [0, 0.05) is 18.7 Å². The molecule has 0 bridgehead atoms. The lowest BCUT2D eigenvalue weighted by molar-refractivity contribution is 0.0954. The lowest BCUT2D eigenvalue weighted by Crippen LogP contribution is -2.32. The molecule has 0 heterocycles. The summed E-state index contributed by atoms with van der Waals surface area (Å²) < 4.78 is 0. The molecule has 0 aromatic heterocycles. The van der Waals surface area contributed by atoms with E-state index in [9.17, 15) is 4.79 Å². The van der Waals surface area contributed by atoms with Gasteiger partial charge < -0.3 is 10.6 Å². The SMILES string of the molecule is Cc1ccc(C(=O)NCCNCCCC(C)C)cc1. The van der Waals surface area contributed by atoms with Gasteiger partial charge in [-0.15, -0.1) is 0 Å². The smallest absolute Gasteiger partial charge is 0.251 e. The Morgan fingerprint density at radius 3 is 2.42 bits per heavy atom. The van der Waals surface area contributed by atoms with Gasteiger partial charge in [-0.25, -0.2) is 0 Å². The minimum Gasteiger partial charge on any atom is -0.351 e. The van der Waals surface area contributed by atoms with Crippen LogP contribution in [0.3, 0.4) is 0 Å². The van der Waals surface area contributed by atoms with E-state index in [4.69, 9.17) is 0 Å². The number of benzene rings is 1. The molecule has 0 radical (unpaired) electrons. The van der Waals surface area contributed by atoms with E-state index in [1.165, 1.54) is 18.4 Å². The van der Waals surface area contributed by atoms with Gasteiger partial charge in [0.05, 0.1) is 0 Å². The van der Waals surface area contributed by atoms with Gasteiger partial charge >= 0.3 is 0 Å². The molecule has 1 amide bonds. The first-order valence-electron chi connectivity index (χ1n) is 7.15. The van der Waals surface area contributed by atoms with E-state index in [1.54, 1.807) is 0 Å². The molecule has 19 heavy (non-hydrogen) atoms. The van der Waals surface area contributed by atoms with Gasteiger partial charge in [-0.3, -0.25) is 4.79 Å². The lowest BCUT2D eigenvalue weighted by Gasteiger charge is -2.08. The second-order valence-corrected chi connectivity index (χ2v) is 5.41. The van der Waals surface area contributed by atoms with E-state index < -0.39 is 0 Å². The summed E-state index contributed by atoms with van der Waals surface area (Å²) in [5.41, 5.74) is 1.90. The Morgan fingerprint density at radius 2 is 1.79 bits per heavy atom. The molecule has 0 saturated carbocycles. The zero-order valence-electron chi connectivity index (χ0n) is 12.3. The number of aryl methyl sites for hydroxylation is 1. The summed E-state index contributed by atoms with van der Waals surface area (Å²) in [5, 5.41) is 6.26. The van der Waals surface area contributed by atoms with Crippen LogP contribution >= 0.6 is 0 Å². The minimum atomic E-state index is 0.00369. The van der Waals surface area contributed by atoms with E-state index in [-0.39, 0.29) is 5.91 Å². The molecule has 0 aliphatic heterocycles. The van der Waals surface area contributed by atoms with Gasteiger partial charge in [-0.1, -0.05) is 31.5 Å². The number of nitrogens with one attached hydrogen (secondary N) is 2. The van der Waals surface area contributed by atoms with Crippen LogP contribution in [0.1, 0.15) is 42.6 Å². The van der Waals surface area contributed by atoms with E-state index in [2.05, 4.69) is 24.5 Å². The fourth-order valence-corrected chi connectivity index (χ4v) is 1.83. The van der Waals surface area contributed by atoms with Crippen LogP contribution in [0.15, 0.2) is 24.3 Å². The van der Waals surface area contributed by atoms with Crippen LogP contribution in [0.25, 0.3) is 0 Å². The van der Waals surface area contributed by atoms with Crippen molar-refractivity contribution >= 4 is 5.91 Å². The van der Waals surface area contributed by atoms with Crippen molar-refractivity contribution in [1.82, 2.24) is 10.6 Å². The summed E-state index contributed by atoms with van der Waals surface area (Å²) in [4.78, 5) is 11.8. The van der Waals surface area contributed by atoms with Crippen molar-refractivity contribution in [2.75, 3.05) is 19.6 Å². The van der Waals surface area contributed by atoms with Gasteiger partial charge in [-0.05, 0) is 44.4 Å². The topological polar surface area (TPSA) is 41.1 Å². The standard InChI is InChI=1S/C16H26N2O/c1-13(2)5-4-10-17-11-12-18-16(19)15-8-6-14(3)7-9-15/h6-9,13,17H,4-5,10-12H2,1-3H3,(H,18,19). The summed E-state index contributed by atoms with van der Waals surface area (Å²) in [7, 11) is 0. The molecule has 0 spiro atoms. The van der Waals surface area contributed by atoms with Crippen LogP contribution in [-0.2, 0) is 0 Å². The Bertz CT molecular complexity index is 371. The zero-order valence-corrected chi connectivity index (χ0v) is 12.3. The summed E-state index contributed by atoms with van der Waals surface area (Å²) in [6.45, 7) is 9.02. The van der Waals surface area contributed by atoms with E-state index in [0.717, 1.165) is 24.6 Å². The second-order valence-electron chi connectivity index (χ2n) is 5.41. The number of hydrogen-bond acceptors (Lipinski definition) is 2. The number of carbonyl (C=O) groups excluding carboxylic acids is 1. The number of amides is 1. The number of carbonyl (C=O) groups is 1. The van der Waals surface area contributed by atoms with Crippen LogP contribution < -0.4 is 10.6 Å². The molecule has 0 aliphatic carbocycles. The van der Waals surface area contributed by atoms with Crippen molar-refractivity contribution in [3.05, 3.63) is 35.4 Å². The van der Waals surface area contributed by atoms with Crippen molar-refractivity contribution in [3.63, 3.8) is 0 Å². The first kappa shape index (κ1) is 15.7. The van der Waals surface area contributed by atoms with Crippen molar-refractivity contribution in [2.45, 2.75) is 33.6 Å². The third-order valence-corrected chi connectivity index (χ3v) is 3.04. The van der Waals surface area contributed by atoms with Gasteiger partial charge in [0.1, 0.15) is 0 Å². The van der Waals surface area contributed by atoms with Crippen LogP contribution in [-0.4, -0.2) is 25.5 Å². The normalized spacial score (nSPS) is 10.7. The summed E-state index contributed by atoms with van der Waals surface area (Å²) in [5.74, 6) is 0.770. The van der Waals surface area contributed by atoms with Crippen LogP contribution in [0, 0.1) is 12.8 Å². The van der Waals surface area contributed by atoms with E-state index in [1.807, 2.05) is 31.2 Å². The molecule has 3 heteroatoms. The number of hydrogen-bond donors (Lipinski definition) is 2. The lowest BCUT2D eigenvalue weighted by atomic mass is 10.1. The van der Waals surface area contributed by atoms with Crippen LogP contribution in [0.4, 0.5) is 0 Å². The molecule has 0 fully saturated rings. The van der Waals surface area contributed by atoms with E-state index in [0.29, 0.717) is 6.54 Å².